The summed E-state index contributed by atoms with van der Waals surface area (Å²) in [4.78, 5) is 14.4. The first kappa shape index (κ1) is 13.9. The van der Waals surface area contributed by atoms with E-state index in [4.69, 9.17) is 5.73 Å². The second-order valence-electron chi connectivity index (χ2n) is 5.07. The average Bonchev–Trinajstić information content (AvgIpc) is 2.49. The molecule has 5 heteroatoms. The maximum Gasteiger partial charge on any atom is 0.262 e. The lowest BCUT2D eigenvalue weighted by Gasteiger charge is -2.30. The lowest BCUT2D eigenvalue weighted by molar-refractivity contribution is 0.0982. The highest BCUT2D eigenvalue weighted by molar-refractivity contribution is 9.10. The van der Waals surface area contributed by atoms with Gasteiger partial charge in [0, 0.05) is 22.4 Å². The normalized spacial score (nSPS) is 13.9. The van der Waals surface area contributed by atoms with E-state index in [0.717, 1.165) is 28.6 Å². The van der Waals surface area contributed by atoms with Gasteiger partial charge in [0.25, 0.3) is 5.91 Å². The Hall–Kier alpha value is -2.01. The third kappa shape index (κ3) is 2.49. The molecule has 4 nitrogen and oxygen atoms in total. The van der Waals surface area contributed by atoms with Crippen LogP contribution in [0.2, 0.25) is 0 Å². The second-order valence-corrected chi connectivity index (χ2v) is 5.98. The molecule has 3 rings (SSSR count). The van der Waals surface area contributed by atoms with E-state index in [0.29, 0.717) is 17.8 Å². The predicted octanol–water partition coefficient (Wildman–Crippen LogP) is 3.33. The summed E-state index contributed by atoms with van der Waals surface area (Å²) in [7, 11) is 0. The fourth-order valence-electron chi connectivity index (χ4n) is 2.69. The highest BCUT2D eigenvalue weighted by Crippen LogP contribution is 2.33. The molecule has 1 aliphatic heterocycles. The first-order chi connectivity index (χ1) is 10.1. The Bertz CT molecular complexity index is 715. The molecule has 21 heavy (non-hydrogen) atoms. The molecule has 0 aromatic heterocycles. The van der Waals surface area contributed by atoms with Gasteiger partial charge >= 0.3 is 0 Å². The van der Waals surface area contributed by atoms with Crippen molar-refractivity contribution in [2.24, 2.45) is 0 Å². The van der Waals surface area contributed by atoms with Crippen LogP contribution in [0.4, 0.5) is 11.4 Å². The zero-order valence-corrected chi connectivity index (χ0v) is 12.9. The van der Waals surface area contributed by atoms with Crippen molar-refractivity contribution in [1.82, 2.24) is 0 Å². The topological polar surface area (TPSA) is 66.6 Å². The summed E-state index contributed by atoms with van der Waals surface area (Å²) >= 11 is 3.33. The number of phenols is 1. The van der Waals surface area contributed by atoms with E-state index in [1.807, 2.05) is 18.2 Å². The number of amides is 1. The summed E-state index contributed by atoms with van der Waals surface area (Å²) in [6.07, 6.45) is 1.73. The SMILES string of the molecule is Nc1cccc2c1CCCN2C(=O)c1cc(Br)ccc1O. The molecule has 3 N–H and O–H groups in total. The number of carbonyl (C=O) groups is 1. The number of phenolic OH excluding ortho intramolecular Hbond substituents is 1. The van der Waals surface area contributed by atoms with Crippen LogP contribution in [0.3, 0.4) is 0 Å². The highest BCUT2D eigenvalue weighted by atomic mass is 79.9. The fourth-order valence-corrected chi connectivity index (χ4v) is 3.05. The number of nitrogens with zero attached hydrogens (tertiary/aromatic N) is 1. The van der Waals surface area contributed by atoms with Crippen LogP contribution in [0, 0.1) is 0 Å². The van der Waals surface area contributed by atoms with Gasteiger partial charge in [0.15, 0.2) is 0 Å². The third-order valence-corrected chi connectivity index (χ3v) is 4.21. The highest BCUT2D eigenvalue weighted by Gasteiger charge is 2.26. The van der Waals surface area contributed by atoms with Crippen LogP contribution in [0.25, 0.3) is 0 Å². The van der Waals surface area contributed by atoms with Crippen LogP contribution in [0.15, 0.2) is 40.9 Å². The quantitative estimate of drug-likeness (QED) is 0.778. The van der Waals surface area contributed by atoms with Gasteiger partial charge in [-0.15, -0.1) is 0 Å². The van der Waals surface area contributed by atoms with E-state index in [9.17, 15) is 9.90 Å². The van der Waals surface area contributed by atoms with E-state index in [1.54, 1.807) is 17.0 Å². The van der Waals surface area contributed by atoms with E-state index < -0.39 is 0 Å². The number of nitrogen functional groups attached to an aromatic ring is 1. The molecule has 108 valence electrons. The van der Waals surface area contributed by atoms with Gasteiger partial charge in [-0.1, -0.05) is 22.0 Å². The molecule has 2 aromatic rings. The number of nitrogens with two attached hydrogens (primary N) is 1. The Balaban J connectivity index is 2.04. The van der Waals surface area contributed by atoms with Crippen molar-refractivity contribution in [2.45, 2.75) is 12.8 Å². The van der Waals surface area contributed by atoms with Crippen molar-refractivity contribution in [3.63, 3.8) is 0 Å². The van der Waals surface area contributed by atoms with E-state index >= 15 is 0 Å². The van der Waals surface area contributed by atoms with Crippen LogP contribution in [-0.4, -0.2) is 17.6 Å². The van der Waals surface area contributed by atoms with Crippen molar-refractivity contribution in [1.29, 1.82) is 0 Å². The van der Waals surface area contributed by atoms with Gasteiger partial charge in [-0.2, -0.15) is 0 Å². The minimum Gasteiger partial charge on any atom is -0.507 e. The van der Waals surface area contributed by atoms with E-state index in [1.165, 1.54) is 6.07 Å². The molecule has 2 aromatic carbocycles. The number of hydrogen-bond acceptors (Lipinski definition) is 3. The van der Waals surface area contributed by atoms with Gasteiger partial charge in [-0.3, -0.25) is 4.79 Å². The van der Waals surface area contributed by atoms with Crippen molar-refractivity contribution in [2.75, 3.05) is 17.2 Å². The fraction of sp³-hybridized carbons (Fsp3) is 0.188. The number of benzene rings is 2. The Morgan fingerprint density at radius 1 is 1.29 bits per heavy atom. The molecule has 0 saturated heterocycles. The van der Waals surface area contributed by atoms with Crippen LogP contribution in [-0.2, 0) is 6.42 Å². The molecule has 0 unspecified atom stereocenters. The van der Waals surface area contributed by atoms with Crippen molar-refractivity contribution < 1.29 is 9.90 Å². The average molecular weight is 347 g/mol. The zero-order chi connectivity index (χ0) is 15.0. The van der Waals surface area contributed by atoms with Gasteiger partial charge < -0.3 is 15.7 Å². The largest absolute Gasteiger partial charge is 0.507 e. The Morgan fingerprint density at radius 3 is 2.90 bits per heavy atom. The molecule has 1 heterocycles. The molecule has 0 fully saturated rings. The maximum absolute atomic E-state index is 12.8. The molecule has 0 atom stereocenters. The molecule has 1 aliphatic rings. The first-order valence-electron chi connectivity index (χ1n) is 6.75. The number of halogens is 1. The van der Waals surface area contributed by atoms with Crippen LogP contribution >= 0.6 is 15.9 Å². The Kier molecular flexibility index (Phi) is 3.59. The number of aromatic hydroxyl groups is 1. The van der Waals surface area contributed by atoms with Gasteiger partial charge in [0.2, 0.25) is 0 Å². The molecule has 0 aliphatic carbocycles. The van der Waals surface area contributed by atoms with Crippen molar-refractivity contribution >= 4 is 33.2 Å². The van der Waals surface area contributed by atoms with E-state index in [-0.39, 0.29) is 11.7 Å². The summed E-state index contributed by atoms with van der Waals surface area (Å²) < 4.78 is 0.758. The predicted molar refractivity (Wildman–Crippen MR) is 86.7 cm³/mol. The molecular formula is C16H15BrN2O2. The Labute approximate surface area is 131 Å². The lowest BCUT2D eigenvalue weighted by atomic mass is 9.99. The summed E-state index contributed by atoms with van der Waals surface area (Å²) in [5.41, 5.74) is 8.85. The lowest BCUT2D eigenvalue weighted by Crippen LogP contribution is -2.35. The van der Waals surface area contributed by atoms with Crippen LogP contribution in [0.1, 0.15) is 22.3 Å². The first-order valence-corrected chi connectivity index (χ1v) is 7.55. The van der Waals surface area contributed by atoms with Gasteiger partial charge in [0.05, 0.1) is 5.56 Å². The minimum absolute atomic E-state index is 0.0146. The third-order valence-electron chi connectivity index (χ3n) is 3.72. The van der Waals surface area contributed by atoms with Crippen LogP contribution < -0.4 is 10.6 Å². The number of anilines is 2. The summed E-state index contributed by atoms with van der Waals surface area (Å²) in [5, 5.41) is 9.95. The standard InChI is InChI=1S/C16H15BrN2O2/c17-10-6-7-15(20)12(9-10)16(21)19-8-2-3-11-13(18)4-1-5-14(11)19/h1,4-7,9,20H,2-3,8,18H2. The number of hydrogen-bond donors (Lipinski definition) is 2. The Morgan fingerprint density at radius 2 is 2.10 bits per heavy atom. The second kappa shape index (κ2) is 5.41. The summed E-state index contributed by atoms with van der Waals surface area (Å²) in [6, 6.07) is 10.5. The molecule has 0 radical (unpaired) electrons. The molecule has 0 spiro atoms. The molecular weight excluding hydrogens is 332 g/mol. The molecule has 0 saturated carbocycles. The monoisotopic (exact) mass is 346 g/mol. The maximum atomic E-state index is 12.8. The van der Waals surface area contributed by atoms with Crippen LogP contribution in [0.5, 0.6) is 5.75 Å². The number of carbonyl (C=O) groups excluding carboxylic acids is 1. The number of fused-ring (bicyclic) bond motifs is 1. The van der Waals surface area contributed by atoms with Crippen molar-refractivity contribution in [3.05, 3.63) is 52.0 Å². The van der Waals surface area contributed by atoms with E-state index in [2.05, 4.69) is 15.9 Å². The van der Waals surface area contributed by atoms with Crippen molar-refractivity contribution in [3.8, 4) is 5.75 Å². The minimum atomic E-state index is -0.208. The van der Waals surface area contributed by atoms with Gasteiger partial charge in [0.1, 0.15) is 5.75 Å². The molecule has 0 bridgehead atoms. The summed E-state index contributed by atoms with van der Waals surface area (Å²) in [5.74, 6) is -0.223. The van der Waals surface area contributed by atoms with Gasteiger partial charge in [-0.25, -0.2) is 0 Å². The van der Waals surface area contributed by atoms with Gasteiger partial charge in [-0.05, 0) is 48.7 Å². The number of rotatable bonds is 1. The zero-order valence-electron chi connectivity index (χ0n) is 11.3. The summed E-state index contributed by atoms with van der Waals surface area (Å²) in [6.45, 7) is 0.626. The smallest absolute Gasteiger partial charge is 0.262 e. The molecule has 1 amide bonds.